The summed E-state index contributed by atoms with van der Waals surface area (Å²) in [6.45, 7) is 3.58. The molecular formula is C25H22FN3O3. The number of nitrogens with one attached hydrogen (secondary N) is 1. The highest BCUT2D eigenvalue weighted by atomic mass is 19.1. The van der Waals surface area contributed by atoms with Gasteiger partial charge in [0.2, 0.25) is 0 Å². The van der Waals surface area contributed by atoms with Crippen LogP contribution in [0.15, 0.2) is 72.8 Å². The maximum absolute atomic E-state index is 13.2. The van der Waals surface area contributed by atoms with Crippen molar-refractivity contribution < 1.29 is 18.7 Å². The van der Waals surface area contributed by atoms with E-state index in [1.54, 1.807) is 55.1 Å². The van der Waals surface area contributed by atoms with E-state index >= 15 is 0 Å². The van der Waals surface area contributed by atoms with Crippen LogP contribution < -0.4 is 14.8 Å². The number of halogens is 1. The highest BCUT2D eigenvalue weighted by Crippen LogP contribution is 2.31. The lowest BCUT2D eigenvalue weighted by molar-refractivity contribution is 0.102. The van der Waals surface area contributed by atoms with Gasteiger partial charge in [-0.25, -0.2) is 9.07 Å². The Labute approximate surface area is 185 Å². The fourth-order valence-corrected chi connectivity index (χ4v) is 3.43. The molecule has 1 heterocycles. The molecule has 1 aromatic heterocycles. The summed E-state index contributed by atoms with van der Waals surface area (Å²) in [5, 5.41) is 7.35. The largest absolute Gasteiger partial charge is 0.493 e. The van der Waals surface area contributed by atoms with Crippen molar-refractivity contribution in [1.29, 1.82) is 0 Å². The fraction of sp³-hybridized carbons (Fsp3) is 0.120. The quantitative estimate of drug-likeness (QED) is 0.426. The Morgan fingerprint density at radius 1 is 0.938 bits per heavy atom. The number of nitrogens with zero attached hydrogens (tertiary/aromatic N) is 2. The van der Waals surface area contributed by atoms with Crippen LogP contribution in [0, 0.1) is 19.7 Å². The van der Waals surface area contributed by atoms with Gasteiger partial charge in [-0.1, -0.05) is 12.1 Å². The van der Waals surface area contributed by atoms with Crippen LogP contribution in [0.5, 0.6) is 17.2 Å². The van der Waals surface area contributed by atoms with Crippen LogP contribution >= 0.6 is 0 Å². The summed E-state index contributed by atoms with van der Waals surface area (Å²) in [5.74, 6) is 1.25. The summed E-state index contributed by atoms with van der Waals surface area (Å²) in [6, 6.07) is 20.4. The van der Waals surface area contributed by atoms with Crippen LogP contribution in [0.1, 0.15) is 21.7 Å². The average molecular weight is 431 g/mol. The first-order valence-corrected chi connectivity index (χ1v) is 10.0. The SMILES string of the molecule is COc1ccccc1Oc1ccc(NC(=O)c2c(C)nn(-c3ccc(F)cc3)c2C)cc1. The zero-order valence-corrected chi connectivity index (χ0v) is 17.9. The predicted octanol–water partition coefficient (Wildman–Crippen LogP) is 5.68. The van der Waals surface area contributed by atoms with E-state index in [0.29, 0.717) is 45.6 Å². The maximum Gasteiger partial charge on any atom is 0.259 e. The van der Waals surface area contributed by atoms with Crippen molar-refractivity contribution in [2.45, 2.75) is 13.8 Å². The van der Waals surface area contributed by atoms with Gasteiger partial charge in [-0.2, -0.15) is 5.10 Å². The van der Waals surface area contributed by atoms with Crippen molar-refractivity contribution >= 4 is 11.6 Å². The molecule has 0 atom stereocenters. The monoisotopic (exact) mass is 431 g/mol. The van der Waals surface area contributed by atoms with E-state index in [2.05, 4.69) is 10.4 Å². The van der Waals surface area contributed by atoms with Crippen molar-refractivity contribution in [1.82, 2.24) is 9.78 Å². The molecular weight excluding hydrogens is 409 g/mol. The molecule has 4 rings (SSSR count). The van der Waals surface area contributed by atoms with Crippen LogP contribution in [0.2, 0.25) is 0 Å². The van der Waals surface area contributed by atoms with E-state index in [-0.39, 0.29) is 11.7 Å². The highest BCUT2D eigenvalue weighted by molar-refractivity contribution is 6.06. The molecule has 0 aliphatic heterocycles. The van der Waals surface area contributed by atoms with Gasteiger partial charge in [0.1, 0.15) is 11.6 Å². The molecule has 7 heteroatoms. The number of hydrogen-bond donors (Lipinski definition) is 1. The molecule has 0 aliphatic carbocycles. The van der Waals surface area contributed by atoms with Gasteiger partial charge >= 0.3 is 0 Å². The zero-order valence-electron chi connectivity index (χ0n) is 17.9. The maximum atomic E-state index is 13.2. The number of ether oxygens (including phenoxy) is 2. The number of carbonyl (C=O) groups is 1. The van der Waals surface area contributed by atoms with Crippen molar-refractivity contribution in [2.75, 3.05) is 12.4 Å². The minimum absolute atomic E-state index is 0.272. The van der Waals surface area contributed by atoms with Gasteiger partial charge in [0.25, 0.3) is 5.91 Å². The molecule has 1 amide bonds. The van der Waals surface area contributed by atoms with E-state index in [9.17, 15) is 9.18 Å². The van der Waals surface area contributed by atoms with E-state index in [1.807, 2.05) is 31.2 Å². The Morgan fingerprint density at radius 3 is 2.25 bits per heavy atom. The topological polar surface area (TPSA) is 65.4 Å². The molecule has 1 N–H and O–H groups in total. The third-order valence-electron chi connectivity index (χ3n) is 5.00. The number of hydrogen-bond acceptors (Lipinski definition) is 4. The number of methoxy groups -OCH3 is 1. The number of rotatable bonds is 6. The fourth-order valence-electron chi connectivity index (χ4n) is 3.43. The standard InChI is InChI=1S/C25H22FN3O3/c1-16-24(17(2)29(28-16)20-12-8-18(26)9-13-20)25(30)27-19-10-14-21(15-11-19)32-23-7-5-4-6-22(23)31-3/h4-15H,1-3H3,(H,27,30). The van der Waals surface area contributed by atoms with Crippen molar-refractivity contribution in [2.24, 2.45) is 0 Å². The number of amides is 1. The average Bonchev–Trinajstić information content (AvgIpc) is 3.10. The van der Waals surface area contributed by atoms with Gasteiger partial charge in [-0.05, 0) is 74.5 Å². The van der Waals surface area contributed by atoms with Crippen LogP contribution in [-0.2, 0) is 0 Å². The molecule has 6 nitrogen and oxygen atoms in total. The lowest BCUT2D eigenvalue weighted by Gasteiger charge is -2.11. The Bertz CT molecular complexity index is 1250. The smallest absolute Gasteiger partial charge is 0.259 e. The van der Waals surface area contributed by atoms with E-state index < -0.39 is 0 Å². The van der Waals surface area contributed by atoms with Gasteiger partial charge in [0, 0.05) is 5.69 Å². The summed E-state index contributed by atoms with van der Waals surface area (Å²) in [6.07, 6.45) is 0. The number of anilines is 1. The Balaban J connectivity index is 1.50. The van der Waals surface area contributed by atoms with Crippen molar-refractivity contribution in [3.05, 3.63) is 95.6 Å². The Kier molecular flexibility index (Phi) is 5.89. The van der Waals surface area contributed by atoms with Crippen LogP contribution in [0.25, 0.3) is 5.69 Å². The van der Waals surface area contributed by atoms with Gasteiger partial charge in [-0.3, -0.25) is 4.79 Å². The molecule has 0 bridgehead atoms. The molecule has 0 saturated carbocycles. The van der Waals surface area contributed by atoms with Gasteiger partial charge in [0.05, 0.1) is 29.7 Å². The van der Waals surface area contributed by atoms with Gasteiger partial charge in [-0.15, -0.1) is 0 Å². The van der Waals surface area contributed by atoms with Gasteiger partial charge < -0.3 is 14.8 Å². The molecule has 32 heavy (non-hydrogen) atoms. The first-order chi connectivity index (χ1) is 15.5. The summed E-state index contributed by atoms with van der Waals surface area (Å²) < 4.78 is 26.0. The molecule has 0 fully saturated rings. The summed E-state index contributed by atoms with van der Waals surface area (Å²) in [4.78, 5) is 12.9. The predicted molar refractivity (Wildman–Crippen MR) is 120 cm³/mol. The molecule has 4 aromatic rings. The molecule has 0 unspecified atom stereocenters. The molecule has 0 radical (unpaired) electrons. The lowest BCUT2D eigenvalue weighted by Crippen LogP contribution is -2.14. The third-order valence-corrected chi connectivity index (χ3v) is 5.00. The summed E-state index contributed by atoms with van der Waals surface area (Å²) in [5.41, 5.74) is 3.03. The number of carbonyl (C=O) groups excluding carboxylic acids is 1. The molecule has 0 saturated heterocycles. The first-order valence-electron chi connectivity index (χ1n) is 10.0. The summed E-state index contributed by atoms with van der Waals surface area (Å²) >= 11 is 0. The van der Waals surface area contributed by atoms with Crippen molar-refractivity contribution in [3.8, 4) is 22.9 Å². The number of aromatic nitrogens is 2. The first kappa shape index (κ1) is 21.1. The molecule has 3 aromatic carbocycles. The Morgan fingerprint density at radius 2 is 1.59 bits per heavy atom. The highest BCUT2D eigenvalue weighted by Gasteiger charge is 2.19. The number of benzene rings is 3. The minimum atomic E-state index is -0.327. The van der Waals surface area contributed by atoms with Crippen LogP contribution in [0.4, 0.5) is 10.1 Å². The van der Waals surface area contributed by atoms with E-state index in [4.69, 9.17) is 9.47 Å². The van der Waals surface area contributed by atoms with Gasteiger partial charge in [0.15, 0.2) is 11.5 Å². The minimum Gasteiger partial charge on any atom is -0.493 e. The summed E-state index contributed by atoms with van der Waals surface area (Å²) in [7, 11) is 1.59. The third kappa shape index (κ3) is 4.32. The second-order valence-electron chi connectivity index (χ2n) is 7.17. The van der Waals surface area contributed by atoms with E-state index in [1.165, 1.54) is 12.1 Å². The van der Waals surface area contributed by atoms with Crippen molar-refractivity contribution in [3.63, 3.8) is 0 Å². The number of aryl methyl sites for hydroxylation is 1. The van der Waals surface area contributed by atoms with E-state index in [0.717, 1.165) is 0 Å². The van der Waals surface area contributed by atoms with Crippen LogP contribution in [-0.4, -0.2) is 22.8 Å². The second-order valence-corrected chi connectivity index (χ2v) is 7.17. The van der Waals surface area contributed by atoms with Crippen LogP contribution in [0.3, 0.4) is 0 Å². The molecule has 0 aliphatic rings. The Hall–Kier alpha value is -4.13. The molecule has 0 spiro atoms. The number of para-hydroxylation sites is 2. The lowest BCUT2D eigenvalue weighted by atomic mass is 10.1. The molecule has 162 valence electrons. The second kappa shape index (κ2) is 8.93. The normalized spacial score (nSPS) is 10.6. The zero-order chi connectivity index (χ0) is 22.7.